The van der Waals surface area contributed by atoms with Gasteiger partial charge in [0.2, 0.25) is 5.91 Å². The van der Waals surface area contributed by atoms with Crippen molar-refractivity contribution < 1.29 is 26.8 Å². The highest BCUT2D eigenvalue weighted by molar-refractivity contribution is 7.92. The number of hydrogen-bond acceptors (Lipinski definition) is 9. The van der Waals surface area contributed by atoms with Crippen LogP contribution in [0.25, 0.3) is 27.8 Å². The Bertz CT molecular complexity index is 2440. The molecule has 4 heterocycles. The summed E-state index contributed by atoms with van der Waals surface area (Å²) in [6.45, 7) is 2.05. The fourth-order valence-electron chi connectivity index (χ4n) is 5.44. The fourth-order valence-corrected chi connectivity index (χ4v) is 7.00. The Labute approximate surface area is 282 Å². The summed E-state index contributed by atoms with van der Waals surface area (Å²) in [7, 11) is -4.31. The van der Waals surface area contributed by atoms with Crippen LogP contribution in [0.5, 0.6) is 0 Å². The minimum Gasteiger partial charge on any atom is -0.353 e. The van der Waals surface area contributed by atoms with Crippen LogP contribution in [0.1, 0.15) is 16.1 Å². The summed E-state index contributed by atoms with van der Waals surface area (Å²) in [5.74, 6) is -2.83. The number of fused-ring (bicyclic) bond motifs is 2. The van der Waals surface area contributed by atoms with E-state index in [1.54, 1.807) is 36.4 Å². The smallest absolute Gasteiger partial charge is 0.275 e. The average molecular weight is 704 g/mol. The third kappa shape index (κ3) is 5.84. The van der Waals surface area contributed by atoms with Crippen molar-refractivity contribution in [1.29, 1.82) is 0 Å². The zero-order valence-electron chi connectivity index (χ0n) is 25.4. The summed E-state index contributed by atoms with van der Waals surface area (Å²) in [4.78, 5) is 39.7. The molecule has 3 N–H and O–H groups in total. The fraction of sp³-hybridized carbons (Fsp3) is 0.125. The quantitative estimate of drug-likeness (QED) is 0.213. The summed E-state index contributed by atoms with van der Waals surface area (Å²) >= 11 is 6.09. The Kier molecular flexibility index (Phi) is 8.04. The van der Waals surface area contributed by atoms with Gasteiger partial charge in [0.05, 0.1) is 28.2 Å². The van der Waals surface area contributed by atoms with E-state index in [-0.39, 0.29) is 50.8 Å². The number of sulfonamides is 1. The molecule has 0 bridgehead atoms. The van der Waals surface area contributed by atoms with E-state index in [2.05, 4.69) is 35.4 Å². The molecule has 1 aliphatic rings. The summed E-state index contributed by atoms with van der Waals surface area (Å²) in [6.07, 6.45) is 1.17. The van der Waals surface area contributed by atoms with E-state index in [9.17, 15) is 18.0 Å². The van der Waals surface area contributed by atoms with Gasteiger partial charge in [0.25, 0.3) is 15.9 Å². The van der Waals surface area contributed by atoms with Gasteiger partial charge in [-0.3, -0.25) is 14.3 Å². The first kappa shape index (κ1) is 31.8. The zero-order chi connectivity index (χ0) is 34.4. The maximum atomic E-state index is 15.8. The maximum Gasteiger partial charge on any atom is 0.275 e. The second-order valence-corrected chi connectivity index (χ2v) is 13.0. The standard InChI is InChI=1S/C32H24ClF2N9O4S/c1-17-19(33)6-4-8-24(17)49(47,48)42-21-10-9-20(34)29(27(21)35)40-31-30-22(37-16-38-31)11-12-25(39-30)44-23-7-3-2-5-18(23)28(41-44)32(46)43-14-13-36-26(45)15-43/h2-12,16,42H,13-15H2,1H3,(H,36,45)(H,37,38,40). The molecule has 3 aromatic heterocycles. The van der Waals surface area contributed by atoms with Crippen LogP contribution in [-0.2, 0) is 14.8 Å². The molecule has 3 aromatic carbocycles. The summed E-state index contributed by atoms with van der Waals surface area (Å²) in [5, 5.41) is 10.6. The molecule has 7 rings (SSSR count). The van der Waals surface area contributed by atoms with E-state index in [1.807, 2.05) is 0 Å². The molecule has 1 saturated heterocycles. The highest BCUT2D eigenvalue weighted by Gasteiger charge is 2.28. The Morgan fingerprint density at radius 1 is 1.02 bits per heavy atom. The molecule has 13 nitrogen and oxygen atoms in total. The van der Waals surface area contributed by atoms with Gasteiger partial charge in [-0.25, -0.2) is 36.8 Å². The lowest BCUT2D eigenvalue weighted by molar-refractivity contribution is -0.123. The summed E-state index contributed by atoms with van der Waals surface area (Å²) in [5.41, 5.74) is 0.0952. The molecule has 0 atom stereocenters. The second-order valence-electron chi connectivity index (χ2n) is 11.0. The number of carbonyl (C=O) groups excluding carboxylic acids is 2. The lowest BCUT2D eigenvalue weighted by Crippen LogP contribution is -2.50. The molecule has 2 amide bonds. The normalized spacial score (nSPS) is 13.5. The number of carbonyl (C=O) groups is 2. The third-order valence-corrected chi connectivity index (χ3v) is 9.81. The number of anilines is 3. The van der Waals surface area contributed by atoms with E-state index in [4.69, 9.17) is 11.6 Å². The van der Waals surface area contributed by atoms with Crippen LogP contribution in [0.4, 0.5) is 26.0 Å². The average Bonchev–Trinajstić information content (AvgIpc) is 3.48. The molecule has 17 heteroatoms. The molecular formula is C32H24ClF2N9O4S. The molecule has 0 saturated carbocycles. The second kappa shape index (κ2) is 12.4. The van der Waals surface area contributed by atoms with Gasteiger partial charge in [-0.2, -0.15) is 5.10 Å². The minimum atomic E-state index is -4.31. The molecule has 1 aliphatic heterocycles. The lowest BCUT2D eigenvalue weighted by atomic mass is 10.2. The van der Waals surface area contributed by atoms with Crippen molar-refractivity contribution in [2.75, 3.05) is 29.7 Å². The van der Waals surface area contributed by atoms with E-state index < -0.39 is 38.9 Å². The molecule has 0 spiro atoms. The third-order valence-electron chi connectivity index (χ3n) is 7.89. The molecule has 49 heavy (non-hydrogen) atoms. The van der Waals surface area contributed by atoms with Crippen molar-refractivity contribution >= 4 is 72.6 Å². The van der Waals surface area contributed by atoms with Gasteiger partial charge in [-0.15, -0.1) is 0 Å². The van der Waals surface area contributed by atoms with Gasteiger partial charge in [0.1, 0.15) is 23.3 Å². The highest BCUT2D eigenvalue weighted by atomic mass is 35.5. The number of pyridine rings is 1. The molecule has 0 radical (unpaired) electrons. The first-order chi connectivity index (χ1) is 23.5. The number of benzene rings is 3. The van der Waals surface area contributed by atoms with E-state index in [1.165, 1.54) is 41.0 Å². The first-order valence-corrected chi connectivity index (χ1v) is 16.6. The number of nitrogens with zero attached hydrogens (tertiary/aromatic N) is 6. The monoisotopic (exact) mass is 703 g/mol. The van der Waals surface area contributed by atoms with Gasteiger partial charge in [-0.05, 0) is 55.0 Å². The Balaban J connectivity index is 1.26. The molecule has 1 fully saturated rings. The van der Waals surface area contributed by atoms with Gasteiger partial charge in [-0.1, -0.05) is 35.9 Å². The van der Waals surface area contributed by atoms with Crippen LogP contribution in [0.15, 0.2) is 78.0 Å². The summed E-state index contributed by atoms with van der Waals surface area (Å²) < 4.78 is 60.8. The largest absolute Gasteiger partial charge is 0.353 e. The SMILES string of the molecule is Cc1c(Cl)cccc1S(=O)(=O)Nc1ccc(F)c(Nc2ncnc3ccc(-n4nc(C(=O)N5CCNC(=O)C5)c5ccccc54)nc23)c1F. The number of nitrogens with one attached hydrogen (secondary N) is 3. The summed E-state index contributed by atoms with van der Waals surface area (Å²) in [6, 6.07) is 16.3. The van der Waals surface area contributed by atoms with Gasteiger partial charge < -0.3 is 15.5 Å². The molecule has 6 aromatic rings. The van der Waals surface area contributed by atoms with Crippen molar-refractivity contribution in [1.82, 2.24) is 34.9 Å². The first-order valence-electron chi connectivity index (χ1n) is 14.7. The van der Waals surface area contributed by atoms with Crippen LogP contribution in [0.3, 0.4) is 0 Å². The van der Waals surface area contributed by atoms with Crippen LogP contribution < -0.4 is 15.4 Å². The Morgan fingerprint density at radius 2 is 1.84 bits per heavy atom. The number of para-hydroxylation sites is 1. The van der Waals surface area contributed by atoms with Crippen LogP contribution in [0.2, 0.25) is 5.02 Å². The van der Waals surface area contributed by atoms with Crippen LogP contribution >= 0.6 is 11.6 Å². The number of halogens is 3. The Morgan fingerprint density at radius 3 is 2.65 bits per heavy atom. The maximum absolute atomic E-state index is 15.8. The Hall–Kier alpha value is -5.74. The molecule has 0 aliphatic carbocycles. The number of piperazine rings is 1. The van der Waals surface area contributed by atoms with Crippen molar-refractivity contribution in [3.63, 3.8) is 0 Å². The van der Waals surface area contributed by atoms with Crippen molar-refractivity contribution in [3.05, 3.63) is 101 Å². The van der Waals surface area contributed by atoms with Gasteiger partial charge in [0, 0.05) is 23.5 Å². The number of rotatable bonds is 7. The zero-order valence-corrected chi connectivity index (χ0v) is 27.0. The van der Waals surface area contributed by atoms with Crippen molar-refractivity contribution in [3.8, 4) is 5.82 Å². The topological polar surface area (TPSA) is 164 Å². The van der Waals surface area contributed by atoms with Gasteiger partial charge in [0.15, 0.2) is 23.1 Å². The van der Waals surface area contributed by atoms with Gasteiger partial charge >= 0.3 is 0 Å². The molecule has 248 valence electrons. The van der Waals surface area contributed by atoms with E-state index in [0.717, 1.165) is 12.1 Å². The minimum absolute atomic E-state index is 0.0950. The van der Waals surface area contributed by atoms with E-state index >= 15 is 8.78 Å². The number of amides is 2. The predicted molar refractivity (Wildman–Crippen MR) is 178 cm³/mol. The predicted octanol–water partition coefficient (Wildman–Crippen LogP) is 4.72. The number of aromatic nitrogens is 5. The van der Waals surface area contributed by atoms with Crippen molar-refractivity contribution in [2.24, 2.45) is 0 Å². The molecular weight excluding hydrogens is 680 g/mol. The lowest BCUT2D eigenvalue weighted by Gasteiger charge is -2.25. The van der Waals surface area contributed by atoms with Crippen LogP contribution in [-0.4, -0.2) is 69.5 Å². The molecule has 0 unspecified atom stereocenters. The van der Waals surface area contributed by atoms with Crippen molar-refractivity contribution in [2.45, 2.75) is 11.8 Å². The number of hydrogen-bond donors (Lipinski definition) is 3. The van der Waals surface area contributed by atoms with E-state index in [0.29, 0.717) is 29.5 Å². The van der Waals surface area contributed by atoms with Crippen LogP contribution in [0, 0.1) is 18.6 Å². The highest BCUT2D eigenvalue weighted by Crippen LogP contribution is 2.33.